The zero-order valence-corrected chi connectivity index (χ0v) is 15.9. The standard InChI is InChI=1S/C18H18N2O4S2/c1-14-7-6-10-18(15(14)2)19-25(21,22)17-11-12-20(13-17)26(23,24)16-8-4-3-5-9-16/h3-13,19H,1-2H3. The molecule has 0 atom stereocenters. The first-order chi connectivity index (χ1) is 12.2. The van der Waals surface area contributed by atoms with Gasteiger partial charge in [0, 0.05) is 12.4 Å². The van der Waals surface area contributed by atoms with E-state index in [4.69, 9.17) is 0 Å². The second-order valence-corrected chi connectivity index (χ2v) is 9.37. The van der Waals surface area contributed by atoms with E-state index in [1.165, 1.54) is 24.4 Å². The molecular formula is C18H18N2O4S2. The van der Waals surface area contributed by atoms with Crippen molar-refractivity contribution < 1.29 is 16.8 Å². The number of hydrogen-bond donors (Lipinski definition) is 1. The second kappa shape index (κ2) is 6.62. The fraction of sp³-hybridized carbons (Fsp3) is 0.111. The Balaban J connectivity index is 1.95. The van der Waals surface area contributed by atoms with Crippen LogP contribution in [0.4, 0.5) is 5.69 Å². The van der Waals surface area contributed by atoms with Crippen molar-refractivity contribution in [2.24, 2.45) is 0 Å². The van der Waals surface area contributed by atoms with Crippen molar-refractivity contribution in [2.45, 2.75) is 23.6 Å². The highest BCUT2D eigenvalue weighted by Gasteiger charge is 2.22. The monoisotopic (exact) mass is 390 g/mol. The smallest absolute Gasteiger partial charge is 0.267 e. The summed E-state index contributed by atoms with van der Waals surface area (Å²) in [4.78, 5) is -0.0417. The Kier molecular flexibility index (Phi) is 4.64. The molecule has 0 aliphatic heterocycles. The molecule has 0 saturated carbocycles. The highest BCUT2D eigenvalue weighted by molar-refractivity contribution is 7.93. The maximum absolute atomic E-state index is 12.6. The third kappa shape index (κ3) is 3.38. The molecule has 2 aromatic carbocycles. The van der Waals surface area contributed by atoms with E-state index in [0.717, 1.165) is 21.3 Å². The predicted octanol–water partition coefficient (Wildman–Crippen LogP) is 3.14. The summed E-state index contributed by atoms with van der Waals surface area (Å²) < 4.78 is 53.8. The summed E-state index contributed by atoms with van der Waals surface area (Å²) in [5.41, 5.74) is 2.23. The molecule has 8 heteroatoms. The first-order valence-electron chi connectivity index (χ1n) is 7.79. The van der Waals surface area contributed by atoms with Crippen molar-refractivity contribution in [2.75, 3.05) is 4.72 Å². The molecule has 0 spiro atoms. The number of aryl methyl sites for hydroxylation is 1. The zero-order chi connectivity index (χ0) is 18.9. The van der Waals surface area contributed by atoms with Crippen LogP contribution in [0.1, 0.15) is 11.1 Å². The number of nitrogens with one attached hydrogen (secondary N) is 1. The summed E-state index contributed by atoms with van der Waals surface area (Å²) in [6.45, 7) is 3.70. The van der Waals surface area contributed by atoms with Gasteiger partial charge >= 0.3 is 0 Å². The quantitative estimate of drug-likeness (QED) is 0.725. The van der Waals surface area contributed by atoms with Gasteiger partial charge in [0.15, 0.2) is 0 Å². The van der Waals surface area contributed by atoms with Gasteiger partial charge in [-0.05, 0) is 49.2 Å². The Morgan fingerprint density at radius 1 is 0.808 bits per heavy atom. The molecule has 0 unspecified atom stereocenters. The van der Waals surface area contributed by atoms with E-state index in [0.29, 0.717) is 5.69 Å². The average molecular weight is 390 g/mol. The van der Waals surface area contributed by atoms with Crippen molar-refractivity contribution in [3.63, 3.8) is 0 Å². The molecule has 0 aliphatic rings. The SMILES string of the molecule is Cc1cccc(NS(=O)(=O)c2ccn(S(=O)(=O)c3ccccc3)c2)c1C. The Bertz CT molecular complexity index is 1150. The van der Waals surface area contributed by atoms with E-state index in [2.05, 4.69) is 4.72 Å². The van der Waals surface area contributed by atoms with Crippen LogP contribution in [0.5, 0.6) is 0 Å². The molecule has 6 nitrogen and oxygen atoms in total. The molecule has 0 aliphatic carbocycles. The molecule has 0 fully saturated rings. The first-order valence-corrected chi connectivity index (χ1v) is 10.7. The third-order valence-corrected chi connectivity index (χ3v) is 7.12. The highest BCUT2D eigenvalue weighted by atomic mass is 32.2. The molecule has 3 rings (SSSR count). The molecule has 0 saturated heterocycles. The molecule has 0 amide bonds. The number of rotatable bonds is 5. The Labute approximate surface area is 153 Å². The van der Waals surface area contributed by atoms with Crippen LogP contribution in [0, 0.1) is 13.8 Å². The van der Waals surface area contributed by atoms with Crippen LogP contribution in [0.2, 0.25) is 0 Å². The summed E-state index contributed by atoms with van der Waals surface area (Å²) >= 11 is 0. The lowest BCUT2D eigenvalue weighted by molar-refractivity contribution is 0.587. The summed E-state index contributed by atoms with van der Waals surface area (Å²) in [7, 11) is -7.75. The molecule has 1 aromatic heterocycles. The Hall–Kier alpha value is -2.58. The minimum absolute atomic E-state index is 0.0852. The number of anilines is 1. The average Bonchev–Trinajstić information content (AvgIpc) is 3.12. The van der Waals surface area contributed by atoms with E-state index >= 15 is 0 Å². The van der Waals surface area contributed by atoms with Crippen molar-refractivity contribution in [3.8, 4) is 0 Å². The van der Waals surface area contributed by atoms with Crippen LogP contribution in [-0.4, -0.2) is 20.8 Å². The predicted molar refractivity (Wildman–Crippen MR) is 100 cm³/mol. The number of hydrogen-bond acceptors (Lipinski definition) is 4. The molecule has 136 valence electrons. The van der Waals surface area contributed by atoms with Crippen LogP contribution >= 0.6 is 0 Å². The van der Waals surface area contributed by atoms with Crippen molar-refractivity contribution >= 4 is 25.7 Å². The molecular weight excluding hydrogens is 372 g/mol. The lowest BCUT2D eigenvalue weighted by Crippen LogP contribution is -2.14. The van der Waals surface area contributed by atoms with Gasteiger partial charge < -0.3 is 0 Å². The summed E-state index contributed by atoms with van der Waals surface area (Å²) in [5.74, 6) is 0. The lowest BCUT2D eigenvalue weighted by Gasteiger charge is -2.11. The minimum Gasteiger partial charge on any atom is -0.279 e. The summed E-state index contributed by atoms with van der Waals surface area (Å²) in [6.07, 6.45) is 2.32. The van der Waals surface area contributed by atoms with Crippen LogP contribution in [-0.2, 0) is 20.0 Å². The van der Waals surface area contributed by atoms with Crippen molar-refractivity contribution in [1.29, 1.82) is 0 Å². The first kappa shape index (κ1) is 18.2. The largest absolute Gasteiger partial charge is 0.279 e. The van der Waals surface area contributed by atoms with E-state index in [9.17, 15) is 16.8 Å². The maximum Gasteiger partial charge on any atom is 0.267 e. The third-order valence-electron chi connectivity index (χ3n) is 4.12. The second-order valence-electron chi connectivity index (χ2n) is 5.85. The molecule has 3 aromatic rings. The van der Waals surface area contributed by atoms with Gasteiger partial charge in [0.2, 0.25) is 0 Å². The van der Waals surface area contributed by atoms with E-state index < -0.39 is 20.0 Å². The zero-order valence-electron chi connectivity index (χ0n) is 14.2. The normalized spacial score (nSPS) is 12.1. The fourth-order valence-electron chi connectivity index (χ4n) is 2.45. The number of sulfonamides is 1. The van der Waals surface area contributed by atoms with Crippen LogP contribution in [0.3, 0.4) is 0 Å². The molecule has 0 bridgehead atoms. The van der Waals surface area contributed by atoms with Gasteiger partial charge in [-0.2, -0.15) is 0 Å². The van der Waals surface area contributed by atoms with Crippen LogP contribution in [0.25, 0.3) is 0 Å². The van der Waals surface area contributed by atoms with Crippen molar-refractivity contribution in [3.05, 3.63) is 78.1 Å². The Morgan fingerprint density at radius 3 is 2.19 bits per heavy atom. The number of aromatic nitrogens is 1. The topological polar surface area (TPSA) is 85.2 Å². The lowest BCUT2D eigenvalue weighted by atomic mass is 10.1. The van der Waals surface area contributed by atoms with Crippen molar-refractivity contribution in [1.82, 2.24) is 3.97 Å². The van der Waals surface area contributed by atoms with Gasteiger partial charge in [-0.1, -0.05) is 30.3 Å². The van der Waals surface area contributed by atoms with Gasteiger partial charge in [-0.15, -0.1) is 0 Å². The Morgan fingerprint density at radius 2 is 1.50 bits per heavy atom. The van der Waals surface area contributed by atoms with E-state index in [1.807, 2.05) is 19.9 Å². The maximum atomic E-state index is 12.6. The van der Waals surface area contributed by atoms with Gasteiger partial charge in [0.05, 0.1) is 10.6 Å². The van der Waals surface area contributed by atoms with E-state index in [-0.39, 0.29) is 9.79 Å². The highest BCUT2D eigenvalue weighted by Crippen LogP contribution is 2.23. The molecule has 26 heavy (non-hydrogen) atoms. The van der Waals surface area contributed by atoms with Gasteiger partial charge in [-0.3, -0.25) is 4.72 Å². The van der Waals surface area contributed by atoms with Gasteiger partial charge in [0.25, 0.3) is 20.0 Å². The number of benzene rings is 2. The fourth-order valence-corrected chi connectivity index (χ4v) is 4.85. The summed E-state index contributed by atoms with van der Waals surface area (Å²) in [6, 6.07) is 14.4. The minimum atomic E-state index is -3.91. The molecule has 1 heterocycles. The van der Waals surface area contributed by atoms with Crippen LogP contribution in [0.15, 0.2) is 76.8 Å². The number of nitrogens with zero attached hydrogens (tertiary/aromatic N) is 1. The van der Waals surface area contributed by atoms with Gasteiger partial charge in [-0.25, -0.2) is 20.8 Å². The van der Waals surface area contributed by atoms with Crippen LogP contribution < -0.4 is 4.72 Å². The van der Waals surface area contributed by atoms with E-state index in [1.54, 1.807) is 30.3 Å². The van der Waals surface area contributed by atoms with Gasteiger partial charge in [0.1, 0.15) is 4.90 Å². The molecule has 0 radical (unpaired) electrons. The summed E-state index contributed by atoms with van der Waals surface area (Å²) in [5, 5.41) is 0. The molecule has 1 N–H and O–H groups in total.